The highest BCUT2D eigenvalue weighted by Gasteiger charge is 2.13. The molecule has 3 nitrogen and oxygen atoms in total. The summed E-state index contributed by atoms with van der Waals surface area (Å²) >= 11 is 2.05. The first-order valence-electron chi connectivity index (χ1n) is 4.68. The van der Waals surface area contributed by atoms with Crippen LogP contribution >= 0.6 is 11.8 Å². The summed E-state index contributed by atoms with van der Waals surface area (Å²) in [5.41, 5.74) is 0. The summed E-state index contributed by atoms with van der Waals surface area (Å²) in [5.74, 6) is 3.71. The maximum absolute atomic E-state index is 4.13. The van der Waals surface area contributed by atoms with E-state index in [1.807, 2.05) is 24.0 Å². The molecule has 1 aromatic heterocycles. The maximum Gasteiger partial charge on any atom is 0.124 e. The second-order valence-electron chi connectivity index (χ2n) is 3.37. The van der Waals surface area contributed by atoms with Crippen molar-refractivity contribution >= 4 is 17.6 Å². The molecule has 0 aromatic carbocycles. The molecule has 0 aliphatic carbocycles. The van der Waals surface area contributed by atoms with Gasteiger partial charge in [-0.15, -0.1) is 0 Å². The van der Waals surface area contributed by atoms with Crippen LogP contribution in [0.4, 0.5) is 5.82 Å². The lowest BCUT2D eigenvalue weighted by Crippen LogP contribution is -2.25. The number of nitrogens with one attached hydrogen (secondary N) is 1. The molecule has 0 spiro atoms. The van der Waals surface area contributed by atoms with Crippen molar-refractivity contribution in [3.63, 3.8) is 0 Å². The van der Waals surface area contributed by atoms with Gasteiger partial charge >= 0.3 is 0 Å². The van der Waals surface area contributed by atoms with Crippen molar-refractivity contribution in [2.45, 2.75) is 18.9 Å². The van der Waals surface area contributed by atoms with E-state index in [1.54, 1.807) is 0 Å². The van der Waals surface area contributed by atoms with Crippen LogP contribution in [0.2, 0.25) is 0 Å². The van der Waals surface area contributed by atoms with Crippen LogP contribution in [0.5, 0.6) is 0 Å². The highest BCUT2D eigenvalue weighted by Crippen LogP contribution is 2.20. The zero-order chi connectivity index (χ0) is 9.10. The van der Waals surface area contributed by atoms with E-state index in [0.717, 1.165) is 5.82 Å². The van der Waals surface area contributed by atoms with Gasteiger partial charge in [0.05, 0.1) is 6.20 Å². The average Bonchev–Trinajstić information content (AvgIpc) is 2.54. The van der Waals surface area contributed by atoms with Crippen LogP contribution in [0.15, 0.2) is 12.3 Å². The summed E-state index contributed by atoms with van der Waals surface area (Å²) < 4.78 is 1.89. The van der Waals surface area contributed by atoms with Crippen LogP contribution in [-0.4, -0.2) is 27.3 Å². The lowest BCUT2D eigenvalue weighted by molar-refractivity contribution is 0.650. The number of aryl methyl sites for hydroxylation is 1. The molecule has 0 amide bonds. The molecule has 1 N–H and O–H groups in total. The average molecular weight is 197 g/mol. The van der Waals surface area contributed by atoms with E-state index in [-0.39, 0.29) is 0 Å². The summed E-state index contributed by atoms with van der Waals surface area (Å²) in [5, 5.41) is 7.65. The smallest absolute Gasteiger partial charge is 0.124 e. The predicted octanol–water partition coefficient (Wildman–Crippen LogP) is 1.73. The van der Waals surface area contributed by atoms with Crippen LogP contribution in [0, 0.1) is 0 Å². The van der Waals surface area contributed by atoms with E-state index in [4.69, 9.17) is 0 Å². The van der Waals surface area contributed by atoms with Gasteiger partial charge in [0.2, 0.25) is 0 Å². The molecular formula is C9H15N3S. The predicted molar refractivity (Wildman–Crippen MR) is 57.2 cm³/mol. The summed E-state index contributed by atoms with van der Waals surface area (Å²) in [6, 6.07) is 2.68. The van der Waals surface area contributed by atoms with E-state index >= 15 is 0 Å². The number of anilines is 1. The van der Waals surface area contributed by atoms with Crippen LogP contribution in [-0.2, 0) is 7.05 Å². The van der Waals surface area contributed by atoms with Crippen molar-refractivity contribution in [2.75, 3.05) is 16.8 Å². The zero-order valence-electron chi connectivity index (χ0n) is 7.86. The number of rotatable bonds is 2. The Morgan fingerprint density at radius 2 is 2.31 bits per heavy atom. The summed E-state index contributed by atoms with van der Waals surface area (Å²) in [7, 11) is 1.97. The Kier molecular flexibility index (Phi) is 2.78. The highest BCUT2D eigenvalue weighted by atomic mass is 32.2. The Balaban J connectivity index is 1.93. The summed E-state index contributed by atoms with van der Waals surface area (Å²) in [4.78, 5) is 0. The molecule has 1 aliphatic rings. The lowest BCUT2D eigenvalue weighted by Gasteiger charge is -2.23. The Bertz CT molecular complexity index is 266. The molecule has 0 saturated carbocycles. The van der Waals surface area contributed by atoms with Gasteiger partial charge in [-0.3, -0.25) is 4.68 Å². The fourth-order valence-corrected chi connectivity index (χ4v) is 2.67. The Hall–Kier alpha value is -0.640. The van der Waals surface area contributed by atoms with Crippen LogP contribution < -0.4 is 5.32 Å². The minimum Gasteiger partial charge on any atom is -0.367 e. The molecule has 1 fully saturated rings. The normalized spacial score (nSPS) is 18.8. The lowest BCUT2D eigenvalue weighted by atomic mass is 10.1. The van der Waals surface area contributed by atoms with E-state index in [1.165, 1.54) is 24.3 Å². The first-order chi connectivity index (χ1) is 6.36. The first-order valence-corrected chi connectivity index (χ1v) is 5.84. The molecule has 0 radical (unpaired) electrons. The van der Waals surface area contributed by atoms with E-state index < -0.39 is 0 Å². The van der Waals surface area contributed by atoms with Crippen LogP contribution in [0.3, 0.4) is 0 Å². The first kappa shape index (κ1) is 8.94. The summed E-state index contributed by atoms with van der Waals surface area (Å²) in [6.07, 6.45) is 4.38. The monoisotopic (exact) mass is 197 g/mol. The van der Waals surface area contributed by atoms with Crippen molar-refractivity contribution in [3.05, 3.63) is 12.3 Å². The molecular weight excluding hydrogens is 182 g/mol. The number of nitrogens with zero attached hydrogens (tertiary/aromatic N) is 2. The second kappa shape index (κ2) is 4.05. The molecule has 1 aliphatic heterocycles. The molecule has 0 atom stereocenters. The van der Waals surface area contributed by atoms with Gasteiger partial charge in [0, 0.05) is 19.2 Å². The molecule has 0 bridgehead atoms. The SMILES string of the molecule is Cn1nccc1NC1CCSCC1. The standard InChI is InChI=1S/C9H15N3S/c1-12-9(2-5-10-12)11-8-3-6-13-7-4-8/h2,5,8,11H,3-4,6-7H2,1H3. The fraction of sp³-hybridized carbons (Fsp3) is 0.667. The molecule has 2 rings (SSSR count). The topological polar surface area (TPSA) is 29.9 Å². The summed E-state index contributed by atoms with van der Waals surface area (Å²) in [6.45, 7) is 0. The molecule has 72 valence electrons. The van der Waals surface area contributed by atoms with Gasteiger partial charge in [0.25, 0.3) is 0 Å². The van der Waals surface area contributed by atoms with Crippen molar-refractivity contribution in [3.8, 4) is 0 Å². The van der Waals surface area contributed by atoms with Crippen LogP contribution in [0.1, 0.15) is 12.8 Å². The molecule has 1 aromatic rings. The van der Waals surface area contributed by atoms with Gasteiger partial charge in [0.1, 0.15) is 5.82 Å². The van der Waals surface area contributed by atoms with E-state index in [0.29, 0.717) is 6.04 Å². The number of hydrogen-bond acceptors (Lipinski definition) is 3. The van der Waals surface area contributed by atoms with E-state index in [9.17, 15) is 0 Å². The van der Waals surface area contributed by atoms with Crippen LogP contribution in [0.25, 0.3) is 0 Å². The fourth-order valence-electron chi connectivity index (χ4n) is 1.57. The highest BCUT2D eigenvalue weighted by molar-refractivity contribution is 7.99. The van der Waals surface area contributed by atoms with Gasteiger partial charge < -0.3 is 5.32 Å². The second-order valence-corrected chi connectivity index (χ2v) is 4.60. The van der Waals surface area contributed by atoms with Crippen molar-refractivity contribution < 1.29 is 0 Å². The Morgan fingerprint density at radius 1 is 1.54 bits per heavy atom. The molecule has 0 unspecified atom stereocenters. The maximum atomic E-state index is 4.13. The van der Waals surface area contributed by atoms with Gasteiger partial charge in [0.15, 0.2) is 0 Å². The third-order valence-corrected chi connectivity index (χ3v) is 3.44. The minimum absolute atomic E-state index is 0.650. The molecule has 1 saturated heterocycles. The largest absolute Gasteiger partial charge is 0.367 e. The Labute approximate surface area is 82.9 Å². The Morgan fingerprint density at radius 3 is 2.92 bits per heavy atom. The molecule has 2 heterocycles. The zero-order valence-corrected chi connectivity index (χ0v) is 8.68. The van der Waals surface area contributed by atoms with Crippen molar-refractivity contribution in [1.29, 1.82) is 0 Å². The van der Waals surface area contributed by atoms with Gasteiger partial charge in [-0.2, -0.15) is 16.9 Å². The molecule has 13 heavy (non-hydrogen) atoms. The minimum atomic E-state index is 0.650. The third kappa shape index (κ3) is 2.18. The number of aromatic nitrogens is 2. The molecule has 4 heteroatoms. The van der Waals surface area contributed by atoms with Crippen molar-refractivity contribution in [1.82, 2.24) is 9.78 Å². The number of thioether (sulfide) groups is 1. The number of hydrogen-bond donors (Lipinski definition) is 1. The van der Waals surface area contributed by atoms with Gasteiger partial charge in [-0.05, 0) is 24.3 Å². The van der Waals surface area contributed by atoms with Gasteiger partial charge in [-0.25, -0.2) is 0 Å². The van der Waals surface area contributed by atoms with Crippen molar-refractivity contribution in [2.24, 2.45) is 7.05 Å². The third-order valence-electron chi connectivity index (χ3n) is 2.39. The quantitative estimate of drug-likeness (QED) is 0.783. The van der Waals surface area contributed by atoms with E-state index in [2.05, 4.69) is 22.2 Å². The van der Waals surface area contributed by atoms with Gasteiger partial charge in [-0.1, -0.05) is 0 Å².